The molecule has 2 fully saturated rings. The van der Waals surface area contributed by atoms with Crippen molar-refractivity contribution in [3.8, 4) is 0 Å². The lowest BCUT2D eigenvalue weighted by Crippen LogP contribution is -2.52. The zero-order valence-corrected chi connectivity index (χ0v) is 15.4. The number of nitrogens with zero attached hydrogens (tertiary/aromatic N) is 4. The van der Waals surface area contributed by atoms with Crippen LogP contribution in [-0.2, 0) is 4.74 Å². The fraction of sp³-hybridized carbons (Fsp3) is 0.556. The zero-order chi connectivity index (χ0) is 17.2. The number of rotatable bonds is 2. The number of anilines is 1. The summed E-state index contributed by atoms with van der Waals surface area (Å²) < 4.78 is 6.63. The number of hydrogen-bond acceptors (Lipinski definition) is 5. The number of aromatic nitrogens is 1. The molecule has 2 aliphatic heterocycles. The predicted molar refractivity (Wildman–Crippen MR) is 100 cm³/mol. The van der Waals surface area contributed by atoms with Gasteiger partial charge in [-0.3, -0.25) is 0 Å². The van der Waals surface area contributed by atoms with Crippen LogP contribution in [0, 0.1) is 0 Å². The Hall–Kier alpha value is -1.86. The summed E-state index contributed by atoms with van der Waals surface area (Å²) in [5, 5.41) is 3.36. The molecule has 4 rings (SSSR count). The predicted octanol–water partition coefficient (Wildman–Crippen LogP) is 2.65. The third-order valence-electron chi connectivity index (χ3n) is 5.25. The van der Waals surface area contributed by atoms with E-state index >= 15 is 0 Å². The summed E-state index contributed by atoms with van der Waals surface area (Å²) in [4.78, 5) is 23.5. The molecule has 2 aromatic rings. The van der Waals surface area contributed by atoms with Gasteiger partial charge in [0.1, 0.15) is 5.82 Å². The lowest BCUT2D eigenvalue weighted by Gasteiger charge is -2.40. The van der Waals surface area contributed by atoms with E-state index in [9.17, 15) is 4.79 Å². The Labute approximate surface area is 152 Å². The van der Waals surface area contributed by atoms with Gasteiger partial charge in [0.05, 0.1) is 13.2 Å². The number of fused-ring (bicyclic) bond motifs is 1. The van der Waals surface area contributed by atoms with E-state index in [0.29, 0.717) is 32.3 Å². The van der Waals surface area contributed by atoms with Gasteiger partial charge in [0.2, 0.25) is 0 Å². The van der Waals surface area contributed by atoms with Crippen molar-refractivity contribution in [3.63, 3.8) is 0 Å². The number of urea groups is 1. The van der Waals surface area contributed by atoms with Gasteiger partial charge in [-0.15, -0.1) is 11.3 Å². The van der Waals surface area contributed by atoms with Crippen LogP contribution in [0.5, 0.6) is 0 Å². The van der Waals surface area contributed by atoms with Crippen LogP contribution in [0.15, 0.2) is 23.7 Å². The number of piperidine rings is 1. The number of hydrogen-bond donors (Lipinski definition) is 0. The van der Waals surface area contributed by atoms with Gasteiger partial charge >= 0.3 is 6.03 Å². The Morgan fingerprint density at radius 3 is 2.76 bits per heavy atom. The molecule has 25 heavy (non-hydrogen) atoms. The molecule has 0 N–H and O–H groups in total. The topological polar surface area (TPSA) is 48.9 Å². The molecule has 7 heteroatoms. The molecule has 0 saturated carbocycles. The van der Waals surface area contributed by atoms with E-state index in [1.54, 1.807) is 11.3 Å². The van der Waals surface area contributed by atoms with Crippen molar-refractivity contribution >= 4 is 33.3 Å². The summed E-state index contributed by atoms with van der Waals surface area (Å²) in [5.74, 6) is 1.08. The molecule has 2 aromatic heterocycles. The number of pyridine rings is 1. The lowest BCUT2D eigenvalue weighted by atomic mass is 10.0. The molecule has 134 valence electrons. The second-order valence-corrected chi connectivity index (χ2v) is 7.63. The molecule has 2 amide bonds. The van der Waals surface area contributed by atoms with Crippen LogP contribution in [0.1, 0.15) is 12.8 Å². The van der Waals surface area contributed by atoms with Gasteiger partial charge in [0, 0.05) is 55.6 Å². The van der Waals surface area contributed by atoms with E-state index in [0.717, 1.165) is 31.7 Å². The van der Waals surface area contributed by atoms with Crippen LogP contribution in [0.2, 0.25) is 0 Å². The van der Waals surface area contributed by atoms with Crippen LogP contribution in [0.25, 0.3) is 10.1 Å². The smallest absolute Gasteiger partial charge is 0.320 e. The number of carbonyl (C=O) groups is 1. The number of carbonyl (C=O) groups excluding carboxylic acids is 1. The molecule has 2 saturated heterocycles. The molecule has 0 spiro atoms. The highest BCUT2D eigenvalue weighted by Crippen LogP contribution is 2.30. The highest BCUT2D eigenvalue weighted by Gasteiger charge is 2.29. The quantitative estimate of drug-likeness (QED) is 0.826. The summed E-state index contributed by atoms with van der Waals surface area (Å²) in [6.45, 7) is 4.57. The summed E-state index contributed by atoms with van der Waals surface area (Å²) >= 11 is 1.76. The van der Waals surface area contributed by atoms with Gasteiger partial charge in [0.15, 0.2) is 0 Å². The molecule has 0 aromatic carbocycles. The molecular formula is C18H24N4O2S. The Morgan fingerprint density at radius 2 is 2.00 bits per heavy atom. The molecule has 6 nitrogen and oxygen atoms in total. The maximum Gasteiger partial charge on any atom is 0.320 e. The third kappa shape index (κ3) is 3.30. The van der Waals surface area contributed by atoms with Gasteiger partial charge in [-0.05, 0) is 30.4 Å². The second-order valence-electron chi connectivity index (χ2n) is 6.68. The Kier molecular flexibility index (Phi) is 4.76. The van der Waals surface area contributed by atoms with Crippen molar-refractivity contribution in [1.29, 1.82) is 0 Å². The highest BCUT2D eigenvalue weighted by molar-refractivity contribution is 7.17. The van der Waals surface area contributed by atoms with Crippen LogP contribution in [-0.4, -0.2) is 73.3 Å². The van der Waals surface area contributed by atoms with Crippen molar-refractivity contribution in [2.45, 2.75) is 18.9 Å². The first-order valence-corrected chi connectivity index (χ1v) is 9.78. The average molecular weight is 360 g/mol. The SMILES string of the molecule is CN(C(=O)N1CCOCC1)C1CCN(c2nccc3sccc23)CC1. The van der Waals surface area contributed by atoms with E-state index in [1.165, 1.54) is 10.1 Å². The number of morpholine rings is 1. The molecule has 0 atom stereocenters. The van der Waals surface area contributed by atoms with Gasteiger partial charge in [-0.25, -0.2) is 9.78 Å². The molecule has 0 bridgehead atoms. The molecule has 2 aliphatic rings. The zero-order valence-electron chi connectivity index (χ0n) is 14.6. The summed E-state index contributed by atoms with van der Waals surface area (Å²) in [6, 6.07) is 4.67. The largest absolute Gasteiger partial charge is 0.378 e. The summed E-state index contributed by atoms with van der Waals surface area (Å²) in [5.41, 5.74) is 0. The minimum absolute atomic E-state index is 0.139. The van der Waals surface area contributed by atoms with Crippen molar-refractivity contribution in [2.75, 3.05) is 51.3 Å². The van der Waals surface area contributed by atoms with E-state index in [1.807, 2.05) is 23.0 Å². The Bertz CT molecular complexity index is 736. The van der Waals surface area contributed by atoms with Crippen LogP contribution < -0.4 is 4.90 Å². The van der Waals surface area contributed by atoms with Gasteiger partial charge < -0.3 is 19.4 Å². The monoisotopic (exact) mass is 360 g/mol. The maximum atomic E-state index is 12.7. The van der Waals surface area contributed by atoms with E-state index < -0.39 is 0 Å². The van der Waals surface area contributed by atoms with Gasteiger partial charge in [0.25, 0.3) is 0 Å². The van der Waals surface area contributed by atoms with Crippen molar-refractivity contribution in [3.05, 3.63) is 23.7 Å². The van der Waals surface area contributed by atoms with Crippen molar-refractivity contribution in [1.82, 2.24) is 14.8 Å². The van der Waals surface area contributed by atoms with Crippen molar-refractivity contribution in [2.24, 2.45) is 0 Å². The number of amides is 2. The molecule has 4 heterocycles. The standard InChI is InChI=1S/C18H24N4O2S/c1-20(18(23)22-9-11-24-12-10-22)14-3-7-21(8-4-14)17-15-5-13-25-16(15)2-6-19-17/h2,5-6,13-14H,3-4,7-12H2,1H3. The number of thiophene rings is 1. The summed E-state index contributed by atoms with van der Waals surface area (Å²) in [6.07, 6.45) is 3.86. The molecular weight excluding hydrogens is 336 g/mol. The summed E-state index contributed by atoms with van der Waals surface area (Å²) in [7, 11) is 1.94. The normalized spacial score (nSPS) is 19.4. The Balaban J connectivity index is 1.39. The minimum atomic E-state index is 0.139. The average Bonchev–Trinajstić information content (AvgIpc) is 3.16. The molecule has 0 unspecified atom stereocenters. The van der Waals surface area contributed by atoms with Crippen LogP contribution >= 0.6 is 11.3 Å². The highest BCUT2D eigenvalue weighted by atomic mass is 32.1. The fourth-order valence-electron chi connectivity index (χ4n) is 3.73. The Morgan fingerprint density at radius 1 is 1.24 bits per heavy atom. The first-order chi connectivity index (χ1) is 12.2. The first-order valence-electron chi connectivity index (χ1n) is 8.90. The maximum absolute atomic E-state index is 12.7. The van der Waals surface area contributed by atoms with E-state index in [4.69, 9.17) is 4.74 Å². The van der Waals surface area contributed by atoms with Crippen LogP contribution in [0.3, 0.4) is 0 Å². The number of ether oxygens (including phenoxy) is 1. The molecule has 0 aliphatic carbocycles. The first kappa shape index (κ1) is 16.6. The minimum Gasteiger partial charge on any atom is -0.378 e. The third-order valence-corrected chi connectivity index (χ3v) is 6.14. The van der Waals surface area contributed by atoms with Crippen LogP contribution in [0.4, 0.5) is 10.6 Å². The van der Waals surface area contributed by atoms with E-state index in [-0.39, 0.29) is 6.03 Å². The fourth-order valence-corrected chi connectivity index (χ4v) is 4.51. The lowest BCUT2D eigenvalue weighted by molar-refractivity contribution is 0.0409. The van der Waals surface area contributed by atoms with E-state index in [2.05, 4.69) is 27.4 Å². The molecule has 0 radical (unpaired) electrons. The van der Waals surface area contributed by atoms with Crippen molar-refractivity contribution < 1.29 is 9.53 Å². The van der Waals surface area contributed by atoms with Gasteiger partial charge in [-0.1, -0.05) is 0 Å². The second kappa shape index (κ2) is 7.17. The van der Waals surface area contributed by atoms with Gasteiger partial charge in [-0.2, -0.15) is 0 Å².